The maximum atomic E-state index is 6.36. The Hall–Kier alpha value is -4.93. The van der Waals surface area contributed by atoms with Gasteiger partial charge < -0.3 is 15.6 Å². The lowest BCUT2D eigenvalue weighted by Gasteiger charge is -2.13. The van der Waals surface area contributed by atoms with Crippen LogP contribution < -0.4 is 16.5 Å². The highest BCUT2D eigenvalue weighted by Crippen LogP contribution is 2.38. The van der Waals surface area contributed by atoms with Crippen LogP contribution >= 0.6 is 0 Å². The maximum Gasteiger partial charge on any atom is 0.153 e. The fourth-order valence-electron chi connectivity index (χ4n) is 5.04. The van der Waals surface area contributed by atoms with Crippen LogP contribution in [-0.2, 0) is 19.5 Å². The molecule has 0 bridgehead atoms. The number of rotatable bonds is 3. The predicted molar refractivity (Wildman–Crippen MR) is 143 cm³/mol. The molecule has 0 fully saturated rings. The zero-order valence-corrected chi connectivity index (χ0v) is 20.5. The van der Waals surface area contributed by atoms with E-state index in [-0.39, 0.29) is 0 Å². The Balaban J connectivity index is 1.22. The lowest BCUT2D eigenvalue weighted by Crippen LogP contribution is -2.15. The third-order valence-corrected chi connectivity index (χ3v) is 7.14. The molecular formula is C26H25N11. The molecule has 11 heteroatoms. The molecule has 0 spiro atoms. The molecule has 0 atom stereocenters. The van der Waals surface area contributed by atoms with Gasteiger partial charge in [-0.2, -0.15) is 5.10 Å². The Labute approximate surface area is 212 Å². The minimum atomic E-state index is 0.421. The number of hydrogen-bond donors (Lipinski definition) is 3. The molecule has 37 heavy (non-hydrogen) atoms. The number of hydrazine groups is 1. The number of aryl methyl sites for hydroxylation is 2. The fraction of sp³-hybridized carbons (Fsp3) is 0.192. The Kier molecular flexibility index (Phi) is 4.49. The van der Waals surface area contributed by atoms with Crippen LogP contribution in [0.3, 0.4) is 0 Å². The van der Waals surface area contributed by atoms with E-state index in [9.17, 15) is 0 Å². The quantitative estimate of drug-likeness (QED) is 0.347. The monoisotopic (exact) mass is 491 g/mol. The van der Waals surface area contributed by atoms with E-state index in [1.54, 1.807) is 6.20 Å². The average molecular weight is 492 g/mol. The molecular weight excluding hydrogens is 466 g/mol. The number of nitrogens with two attached hydrogens (primary N) is 1. The van der Waals surface area contributed by atoms with Crippen LogP contribution in [0.1, 0.15) is 22.8 Å². The maximum absolute atomic E-state index is 6.36. The highest BCUT2D eigenvalue weighted by atomic mass is 15.5. The zero-order chi connectivity index (χ0) is 25.3. The summed E-state index contributed by atoms with van der Waals surface area (Å²) in [5, 5.41) is 11.7. The molecule has 0 saturated carbocycles. The molecule has 5 aromatic rings. The van der Waals surface area contributed by atoms with Crippen molar-refractivity contribution in [1.82, 2.24) is 39.3 Å². The van der Waals surface area contributed by atoms with Crippen LogP contribution in [0.4, 0.5) is 23.1 Å². The summed E-state index contributed by atoms with van der Waals surface area (Å²) in [6.45, 7) is 7.68. The van der Waals surface area contributed by atoms with Crippen molar-refractivity contribution in [2.24, 2.45) is 0 Å². The Morgan fingerprint density at radius 3 is 2.89 bits per heavy atom. The first-order chi connectivity index (χ1) is 17.9. The summed E-state index contributed by atoms with van der Waals surface area (Å²) in [6, 6.07) is 6.06. The largest absolute Gasteiger partial charge is 0.383 e. The van der Waals surface area contributed by atoms with Gasteiger partial charge in [-0.05, 0) is 30.0 Å². The minimum absolute atomic E-state index is 0.421. The minimum Gasteiger partial charge on any atom is -0.383 e. The summed E-state index contributed by atoms with van der Waals surface area (Å²) in [7, 11) is 1.92. The van der Waals surface area contributed by atoms with E-state index >= 15 is 0 Å². The third-order valence-electron chi connectivity index (χ3n) is 7.14. The normalized spacial score (nSPS) is 14.2. The number of aromatic nitrogens is 7. The van der Waals surface area contributed by atoms with Gasteiger partial charge in [0, 0.05) is 67.5 Å². The molecule has 0 aliphatic carbocycles. The highest BCUT2D eigenvalue weighted by Gasteiger charge is 2.24. The lowest BCUT2D eigenvalue weighted by molar-refractivity contribution is 0.600. The van der Waals surface area contributed by atoms with Gasteiger partial charge in [0.25, 0.3) is 0 Å². The molecule has 7 heterocycles. The number of imidazole rings is 1. The number of fused-ring (bicyclic) bond motifs is 4. The highest BCUT2D eigenvalue weighted by molar-refractivity contribution is 5.95. The van der Waals surface area contributed by atoms with E-state index in [0.717, 1.165) is 75.0 Å². The van der Waals surface area contributed by atoms with Crippen LogP contribution in [0.25, 0.3) is 27.7 Å². The Morgan fingerprint density at radius 1 is 1.11 bits per heavy atom. The van der Waals surface area contributed by atoms with Gasteiger partial charge in [-0.25, -0.2) is 15.0 Å². The summed E-state index contributed by atoms with van der Waals surface area (Å²) >= 11 is 0. The van der Waals surface area contributed by atoms with Crippen molar-refractivity contribution in [3.05, 3.63) is 72.3 Å². The van der Waals surface area contributed by atoms with Crippen molar-refractivity contribution in [2.45, 2.75) is 26.4 Å². The molecule has 0 radical (unpaired) electrons. The van der Waals surface area contributed by atoms with Crippen molar-refractivity contribution in [2.75, 3.05) is 23.5 Å². The van der Waals surface area contributed by atoms with Crippen LogP contribution in [0.15, 0.2) is 49.6 Å². The number of nitrogens with one attached hydrogen (secondary N) is 2. The standard InChI is InChI=1S/C26H25N11/c1-14-18(11-30-25-15(2)35(3)34-24(14)25)20-8-16-9-21(29-12-19(16)26(27)31-20)32-22-10-17-4-6-36-7-5-28-23(36)13-37(17)33-22/h5,7-12,34H,2,4,6,13H2,1,3H3,(H2,27,31)(H,29,32,33). The first-order valence-electron chi connectivity index (χ1n) is 12.0. The van der Waals surface area contributed by atoms with E-state index in [4.69, 9.17) is 10.8 Å². The van der Waals surface area contributed by atoms with Gasteiger partial charge in [-0.3, -0.25) is 20.1 Å². The summed E-state index contributed by atoms with van der Waals surface area (Å²) in [6.07, 6.45) is 8.32. The van der Waals surface area contributed by atoms with Gasteiger partial charge in [-0.15, -0.1) is 0 Å². The van der Waals surface area contributed by atoms with Crippen LogP contribution in [0.5, 0.6) is 0 Å². The first-order valence-corrected chi connectivity index (χ1v) is 12.0. The van der Waals surface area contributed by atoms with Crippen LogP contribution in [-0.4, -0.2) is 46.3 Å². The molecule has 2 aliphatic heterocycles. The van der Waals surface area contributed by atoms with E-state index in [0.29, 0.717) is 18.2 Å². The summed E-state index contributed by atoms with van der Waals surface area (Å²) in [5.41, 5.74) is 16.1. The smallest absolute Gasteiger partial charge is 0.153 e. The van der Waals surface area contributed by atoms with E-state index < -0.39 is 0 Å². The third kappa shape index (κ3) is 3.39. The molecule has 184 valence electrons. The van der Waals surface area contributed by atoms with Gasteiger partial charge in [0.1, 0.15) is 23.2 Å². The Morgan fingerprint density at radius 2 is 2.00 bits per heavy atom. The summed E-state index contributed by atoms with van der Waals surface area (Å²) < 4.78 is 4.17. The number of anilines is 4. The topological polar surface area (TPSA) is 128 Å². The number of hydrogen-bond acceptors (Lipinski definition) is 9. The molecule has 11 nitrogen and oxygen atoms in total. The van der Waals surface area contributed by atoms with E-state index in [2.05, 4.69) is 47.9 Å². The second-order valence-electron chi connectivity index (χ2n) is 9.41. The number of nitrogens with zero attached hydrogens (tertiary/aromatic N) is 8. The van der Waals surface area contributed by atoms with Crippen molar-refractivity contribution in [1.29, 1.82) is 0 Å². The molecule has 0 aromatic carbocycles. The summed E-state index contributed by atoms with van der Waals surface area (Å²) in [5.74, 6) is 2.86. The summed E-state index contributed by atoms with van der Waals surface area (Å²) in [4.78, 5) is 18.3. The Bertz CT molecular complexity index is 1730. The number of nitrogen functional groups attached to an aromatic ring is 1. The van der Waals surface area contributed by atoms with Gasteiger partial charge in [0.05, 0.1) is 23.6 Å². The van der Waals surface area contributed by atoms with Gasteiger partial charge >= 0.3 is 0 Å². The van der Waals surface area contributed by atoms with E-state index in [1.807, 2.05) is 54.4 Å². The molecule has 4 N–H and O–H groups in total. The average Bonchev–Trinajstić information content (AvgIpc) is 3.54. The fourth-order valence-corrected chi connectivity index (χ4v) is 5.04. The van der Waals surface area contributed by atoms with Crippen molar-refractivity contribution in [3.8, 4) is 11.3 Å². The molecule has 2 aliphatic rings. The zero-order valence-electron chi connectivity index (χ0n) is 20.5. The number of pyridine rings is 3. The van der Waals surface area contributed by atoms with Gasteiger partial charge in [0.15, 0.2) is 5.82 Å². The van der Waals surface area contributed by atoms with Crippen LogP contribution in [0.2, 0.25) is 0 Å². The molecule has 0 saturated heterocycles. The molecule has 7 rings (SSSR count). The molecule has 5 aromatic heterocycles. The van der Waals surface area contributed by atoms with Gasteiger partial charge in [0.2, 0.25) is 0 Å². The first kappa shape index (κ1) is 21.4. The lowest BCUT2D eigenvalue weighted by atomic mass is 10.0. The molecule has 0 amide bonds. The second kappa shape index (κ2) is 7.79. The second-order valence-corrected chi connectivity index (χ2v) is 9.41. The van der Waals surface area contributed by atoms with Crippen LogP contribution in [0, 0.1) is 6.92 Å². The van der Waals surface area contributed by atoms with Gasteiger partial charge in [-0.1, -0.05) is 6.58 Å². The van der Waals surface area contributed by atoms with Crippen molar-refractivity contribution >= 4 is 39.6 Å². The molecule has 0 unspecified atom stereocenters. The van der Waals surface area contributed by atoms with Crippen molar-refractivity contribution in [3.63, 3.8) is 0 Å². The SMILES string of the molecule is C=C1c2ncc(-c3cc4cc(Nc5cc6n(n5)Cc5nccn5CC6)ncc4c(N)n3)c(C)c2NN1C. The predicted octanol–water partition coefficient (Wildman–Crippen LogP) is 3.57. The van der Waals surface area contributed by atoms with E-state index in [1.165, 1.54) is 0 Å². The van der Waals surface area contributed by atoms with Crippen molar-refractivity contribution < 1.29 is 0 Å².